The van der Waals surface area contributed by atoms with E-state index in [2.05, 4.69) is 24.8 Å². The van der Waals surface area contributed by atoms with Crippen molar-refractivity contribution in [3.8, 4) is 6.07 Å². The Morgan fingerprint density at radius 1 is 1.29 bits per heavy atom. The van der Waals surface area contributed by atoms with Crippen molar-refractivity contribution in [2.45, 2.75) is 26.7 Å². The number of halogens is 1. The van der Waals surface area contributed by atoms with Gasteiger partial charge in [0.25, 0.3) is 0 Å². The predicted molar refractivity (Wildman–Crippen MR) is 71.4 cm³/mol. The topological polar surface area (TPSA) is 27.0 Å². The van der Waals surface area contributed by atoms with Gasteiger partial charge in [0.05, 0.1) is 11.3 Å². The second-order valence-electron chi connectivity index (χ2n) is 5.42. The van der Waals surface area contributed by atoms with Gasteiger partial charge in [-0.15, -0.1) is 0 Å². The van der Waals surface area contributed by atoms with Crippen LogP contribution >= 0.6 is 11.6 Å². The molecule has 0 saturated carbocycles. The van der Waals surface area contributed by atoms with Crippen LogP contribution in [0.3, 0.4) is 0 Å². The van der Waals surface area contributed by atoms with Gasteiger partial charge in [0, 0.05) is 18.1 Å². The summed E-state index contributed by atoms with van der Waals surface area (Å²) < 4.78 is 0. The van der Waals surface area contributed by atoms with Crippen molar-refractivity contribution in [3.63, 3.8) is 0 Å². The molecule has 2 nitrogen and oxygen atoms in total. The molecule has 0 N–H and O–H groups in total. The Balaban J connectivity index is 2.22. The quantitative estimate of drug-likeness (QED) is 0.755. The van der Waals surface area contributed by atoms with E-state index in [1.807, 2.05) is 12.1 Å². The second kappa shape index (κ2) is 4.58. The van der Waals surface area contributed by atoms with Crippen LogP contribution in [-0.2, 0) is 0 Å². The average molecular weight is 249 g/mol. The minimum absolute atomic E-state index is 0.426. The number of hydrogen-bond acceptors (Lipinski definition) is 2. The normalized spacial score (nSPS) is 18.8. The molecule has 1 fully saturated rings. The molecule has 0 amide bonds. The number of piperidine rings is 1. The molecule has 1 aromatic carbocycles. The van der Waals surface area contributed by atoms with E-state index >= 15 is 0 Å². The van der Waals surface area contributed by atoms with Crippen molar-refractivity contribution >= 4 is 17.3 Å². The number of rotatable bonds is 1. The lowest BCUT2D eigenvalue weighted by Crippen LogP contribution is -2.37. The van der Waals surface area contributed by atoms with Crippen LogP contribution in [0.4, 0.5) is 5.69 Å². The fraction of sp³-hybridized carbons (Fsp3) is 0.500. The first-order valence-corrected chi connectivity index (χ1v) is 6.34. The highest BCUT2D eigenvalue weighted by molar-refractivity contribution is 6.30. The number of hydrogen-bond donors (Lipinski definition) is 0. The van der Waals surface area contributed by atoms with E-state index in [9.17, 15) is 0 Å². The maximum absolute atomic E-state index is 9.14. The first-order valence-electron chi connectivity index (χ1n) is 5.96. The van der Waals surface area contributed by atoms with Crippen molar-refractivity contribution in [1.29, 1.82) is 5.26 Å². The SMILES string of the molecule is CC1(C)CCN(c2ccc(Cl)cc2C#N)CC1. The van der Waals surface area contributed by atoms with Gasteiger partial charge in [-0.2, -0.15) is 5.26 Å². The summed E-state index contributed by atoms with van der Waals surface area (Å²) in [5.41, 5.74) is 2.13. The molecule has 0 spiro atoms. The Morgan fingerprint density at radius 3 is 2.53 bits per heavy atom. The van der Waals surface area contributed by atoms with Crippen molar-refractivity contribution in [1.82, 2.24) is 0 Å². The fourth-order valence-electron chi connectivity index (χ4n) is 2.23. The lowest BCUT2D eigenvalue weighted by Gasteiger charge is -2.38. The maximum Gasteiger partial charge on any atom is 0.101 e. The van der Waals surface area contributed by atoms with Gasteiger partial charge >= 0.3 is 0 Å². The van der Waals surface area contributed by atoms with Crippen LogP contribution in [0.5, 0.6) is 0 Å². The molecule has 1 aliphatic rings. The van der Waals surface area contributed by atoms with Gasteiger partial charge in [0.2, 0.25) is 0 Å². The fourth-order valence-corrected chi connectivity index (χ4v) is 2.40. The molecule has 0 atom stereocenters. The highest BCUT2D eigenvalue weighted by Gasteiger charge is 2.26. The number of nitriles is 1. The van der Waals surface area contributed by atoms with Gasteiger partial charge in [-0.05, 0) is 36.5 Å². The molecule has 0 bridgehead atoms. The van der Waals surface area contributed by atoms with Gasteiger partial charge in [-0.25, -0.2) is 0 Å². The molecule has 1 heterocycles. The first kappa shape index (κ1) is 12.3. The Bertz CT molecular complexity index is 450. The van der Waals surface area contributed by atoms with Crippen LogP contribution in [0.1, 0.15) is 32.3 Å². The Morgan fingerprint density at radius 2 is 1.94 bits per heavy atom. The summed E-state index contributed by atoms with van der Waals surface area (Å²) in [6, 6.07) is 7.79. The van der Waals surface area contributed by atoms with E-state index in [-0.39, 0.29) is 0 Å². The molecule has 2 rings (SSSR count). The summed E-state index contributed by atoms with van der Waals surface area (Å²) in [7, 11) is 0. The van der Waals surface area contributed by atoms with Crippen molar-refractivity contribution in [3.05, 3.63) is 28.8 Å². The van der Waals surface area contributed by atoms with Crippen LogP contribution in [0.15, 0.2) is 18.2 Å². The lowest BCUT2D eigenvalue weighted by atomic mass is 9.82. The van der Waals surface area contributed by atoms with Crippen LogP contribution in [0.25, 0.3) is 0 Å². The van der Waals surface area contributed by atoms with E-state index in [0.717, 1.165) is 18.8 Å². The van der Waals surface area contributed by atoms with Gasteiger partial charge in [-0.3, -0.25) is 0 Å². The summed E-state index contributed by atoms with van der Waals surface area (Å²) in [6.07, 6.45) is 2.33. The Labute approximate surface area is 108 Å². The second-order valence-corrected chi connectivity index (χ2v) is 5.86. The molecule has 1 aromatic rings. The predicted octanol–water partition coefficient (Wildman–Crippen LogP) is 3.84. The number of anilines is 1. The summed E-state index contributed by atoms with van der Waals surface area (Å²) >= 11 is 5.91. The monoisotopic (exact) mass is 248 g/mol. The van der Waals surface area contributed by atoms with E-state index in [1.165, 1.54) is 12.8 Å². The zero-order chi connectivity index (χ0) is 12.5. The molecule has 17 heavy (non-hydrogen) atoms. The standard InChI is InChI=1S/C14H17ClN2/c1-14(2)5-7-17(8-6-14)13-4-3-12(15)9-11(13)10-16/h3-4,9H,5-8H2,1-2H3. The first-order chi connectivity index (χ1) is 8.02. The van der Waals surface area contributed by atoms with E-state index in [1.54, 1.807) is 6.07 Å². The van der Waals surface area contributed by atoms with Gasteiger partial charge in [-0.1, -0.05) is 25.4 Å². The van der Waals surface area contributed by atoms with Gasteiger partial charge in [0.15, 0.2) is 0 Å². The van der Waals surface area contributed by atoms with Crippen LogP contribution in [0.2, 0.25) is 5.02 Å². The molecule has 1 aliphatic heterocycles. The molecule has 1 saturated heterocycles. The Kier molecular flexibility index (Phi) is 3.31. The molecule has 0 unspecified atom stereocenters. The van der Waals surface area contributed by atoms with E-state index in [0.29, 0.717) is 16.0 Å². The largest absolute Gasteiger partial charge is 0.370 e. The molecular formula is C14H17ClN2. The van der Waals surface area contributed by atoms with Gasteiger partial charge < -0.3 is 4.90 Å². The van der Waals surface area contributed by atoms with E-state index in [4.69, 9.17) is 16.9 Å². The van der Waals surface area contributed by atoms with Crippen LogP contribution < -0.4 is 4.90 Å². The minimum atomic E-state index is 0.426. The number of nitrogens with zero attached hydrogens (tertiary/aromatic N) is 2. The zero-order valence-electron chi connectivity index (χ0n) is 10.3. The molecular weight excluding hydrogens is 232 g/mol. The smallest absolute Gasteiger partial charge is 0.101 e. The molecule has 3 heteroatoms. The molecule has 0 aliphatic carbocycles. The van der Waals surface area contributed by atoms with Crippen LogP contribution in [0, 0.1) is 16.7 Å². The minimum Gasteiger partial charge on any atom is -0.370 e. The molecule has 90 valence electrons. The zero-order valence-corrected chi connectivity index (χ0v) is 11.1. The summed E-state index contributed by atoms with van der Waals surface area (Å²) in [5.74, 6) is 0. The van der Waals surface area contributed by atoms with Crippen molar-refractivity contribution < 1.29 is 0 Å². The lowest BCUT2D eigenvalue weighted by molar-refractivity contribution is 0.280. The third-order valence-electron chi connectivity index (χ3n) is 3.54. The maximum atomic E-state index is 9.14. The molecule has 0 aromatic heterocycles. The van der Waals surface area contributed by atoms with Crippen molar-refractivity contribution in [2.24, 2.45) is 5.41 Å². The highest BCUT2D eigenvalue weighted by Crippen LogP contribution is 2.33. The van der Waals surface area contributed by atoms with Crippen LogP contribution in [-0.4, -0.2) is 13.1 Å². The van der Waals surface area contributed by atoms with Crippen molar-refractivity contribution in [2.75, 3.05) is 18.0 Å². The summed E-state index contributed by atoms with van der Waals surface area (Å²) in [4.78, 5) is 2.29. The summed E-state index contributed by atoms with van der Waals surface area (Å²) in [5, 5.41) is 9.77. The average Bonchev–Trinajstić information content (AvgIpc) is 2.29. The molecule has 0 radical (unpaired) electrons. The highest BCUT2D eigenvalue weighted by atomic mass is 35.5. The summed E-state index contributed by atoms with van der Waals surface area (Å²) in [6.45, 7) is 6.64. The number of benzene rings is 1. The third-order valence-corrected chi connectivity index (χ3v) is 3.77. The Hall–Kier alpha value is -1.20. The third kappa shape index (κ3) is 2.73. The van der Waals surface area contributed by atoms with E-state index < -0.39 is 0 Å². The van der Waals surface area contributed by atoms with Gasteiger partial charge in [0.1, 0.15) is 6.07 Å².